The Hall–Kier alpha value is 0.430. The van der Waals surface area contributed by atoms with E-state index in [-0.39, 0.29) is 0 Å². The minimum Gasteiger partial charge on any atom is -0.131 e. The van der Waals surface area contributed by atoms with Crippen LogP contribution in [0.3, 0.4) is 0 Å². The van der Waals surface area contributed by atoms with Crippen LogP contribution in [-0.4, -0.2) is 5.16 Å². The van der Waals surface area contributed by atoms with E-state index in [9.17, 15) is 0 Å². The van der Waals surface area contributed by atoms with Crippen molar-refractivity contribution in [3.63, 3.8) is 0 Å². The molecule has 1 atom stereocenters. The molecule has 0 aromatic rings. The third-order valence-corrected chi connectivity index (χ3v) is 4.70. The summed E-state index contributed by atoms with van der Waals surface area (Å²) < 4.78 is 0. The Morgan fingerprint density at radius 1 is 0.588 bits per heavy atom. The normalized spacial score (nSPS) is 12.0. The third-order valence-electron chi connectivity index (χ3n) is 3.83. The molecule has 0 aliphatic rings. The molecule has 0 radical (unpaired) electrons. The van der Waals surface area contributed by atoms with Crippen molar-refractivity contribution in [3.8, 4) is 0 Å². The quantitative estimate of drug-likeness (QED) is 0.283. The molecule has 0 heterocycles. The molecular formula is C16H35P. The maximum Gasteiger partial charge on any atom is -0.0150 e. The highest BCUT2D eigenvalue weighted by molar-refractivity contribution is 7.19. The second kappa shape index (κ2) is 11.5. The predicted molar refractivity (Wildman–Crippen MR) is 84.9 cm³/mol. The van der Waals surface area contributed by atoms with Crippen molar-refractivity contribution >= 4 is 9.24 Å². The van der Waals surface area contributed by atoms with Crippen molar-refractivity contribution in [1.29, 1.82) is 0 Å². The SMILES string of the molecule is CCCCCC(P)(CCCCC)CCCCC. The van der Waals surface area contributed by atoms with E-state index in [0.29, 0.717) is 5.16 Å². The first-order valence-corrected chi connectivity index (χ1v) is 8.55. The monoisotopic (exact) mass is 258 g/mol. The molecule has 0 nitrogen and oxygen atoms in total. The standard InChI is InChI=1S/C16H35P/c1-4-7-10-13-16(17,14-11-8-5-2)15-12-9-6-3/h4-15,17H2,1-3H3. The third kappa shape index (κ3) is 10.1. The van der Waals surface area contributed by atoms with Crippen LogP contribution in [-0.2, 0) is 0 Å². The van der Waals surface area contributed by atoms with Gasteiger partial charge in [-0.1, -0.05) is 78.6 Å². The fourth-order valence-electron chi connectivity index (χ4n) is 2.56. The Balaban J connectivity index is 3.95. The first kappa shape index (κ1) is 17.4. The molecule has 104 valence electrons. The highest BCUT2D eigenvalue weighted by atomic mass is 31.0. The highest BCUT2D eigenvalue weighted by Gasteiger charge is 2.22. The lowest BCUT2D eigenvalue weighted by atomic mass is 9.89. The molecule has 0 fully saturated rings. The average Bonchev–Trinajstić information content (AvgIpc) is 2.30. The lowest BCUT2D eigenvalue weighted by Crippen LogP contribution is -2.20. The molecule has 0 rings (SSSR count). The molecule has 17 heavy (non-hydrogen) atoms. The fourth-order valence-corrected chi connectivity index (χ4v) is 3.17. The van der Waals surface area contributed by atoms with Crippen molar-refractivity contribution in [2.24, 2.45) is 0 Å². The van der Waals surface area contributed by atoms with E-state index in [1.165, 1.54) is 77.0 Å². The van der Waals surface area contributed by atoms with Gasteiger partial charge < -0.3 is 0 Å². The molecule has 0 N–H and O–H groups in total. The Kier molecular flexibility index (Phi) is 11.8. The summed E-state index contributed by atoms with van der Waals surface area (Å²) in [5.74, 6) is 0. The first-order valence-electron chi connectivity index (χ1n) is 7.97. The zero-order valence-electron chi connectivity index (χ0n) is 12.6. The van der Waals surface area contributed by atoms with Gasteiger partial charge in [-0.05, 0) is 24.4 Å². The fraction of sp³-hybridized carbons (Fsp3) is 1.00. The summed E-state index contributed by atoms with van der Waals surface area (Å²) in [5, 5.41) is 0.569. The van der Waals surface area contributed by atoms with Gasteiger partial charge in [0.15, 0.2) is 0 Å². The Labute approximate surface area is 113 Å². The van der Waals surface area contributed by atoms with Crippen LogP contribution in [0.4, 0.5) is 0 Å². The summed E-state index contributed by atoms with van der Waals surface area (Å²) in [4.78, 5) is 0. The van der Waals surface area contributed by atoms with E-state index < -0.39 is 0 Å². The Bertz CT molecular complexity index is 127. The number of rotatable bonds is 12. The van der Waals surface area contributed by atoms with Crippen molar-refractivity contribution in [1.82, 2.24) is 0 Å². The van der Waals surface area contributed by atoms with Gasteiger partial charge in [-0.3, -0.25) is 0 Å². The van der Waals surface area contributed by atoms with Crippen LogP contribution in [0.15, 0.2) is 0 Å². The van der Waals surface area contributed by atoms with Gasteiger partial charge in [-0.2, -0.15) is 0 Å². The van der Waals surface area contributed by atoms with Gasteiger partial charge in [-0.15, -0.1) is 9.24 Å². The van der Waals surface area contributed by atoms with Crippen LogP contribution >= 0.6 is 9.24 Å². The van der Waals surface area contributed by atoms with Crippen LogP contribution in [0.1, 0.15) is 97.8 Å². The molecule has 0 bridgehead atoms. The number of unbranched alkanes of at least 4 members (excludes halogenated alkanes) is 6. The van der Waals surface area contributed by atoms with Gasteiger partial charge in [0.1, 0.15) is 0 Å². The molecule has 0 aliphatic heterocycles. The molecular weight excluding hydrogens is 223 g/mol. The van der Waals surface area contributed by atoms with Gasteiger partial charge in [0.2, 0.25) is 0 Å². The van der Waals surface area contributed by atoms with E-state index in [2.05, 4.69) is 30.0 Å². The van der Waals surface area contributed by atoms with E-state index in [4.69, 9.17) is 0 Å². The van der Waals surface area contributed by atoms with Gasteiger partial charge in [0, 0.05) is 0 Å². The maximum atomic E-state index is 3.23. The highest BCUT2D eigenvalue weighted by Crippen LogP contribution is 2.36. The zero-order valence-corrected chi connectivity index (χ0v) is 13.7. The van der Waals surface area contributed by atoms with E-state index in [0.717, 1.165) is 0 Å². The summed E-state index contributed by atoms with van der Waals surface area (Å²) >= 11 is 0. The van der Waals surface area contributed by atoms with Crippen molar-refractivity contribution in [2.45, 2.75) is 103 Å². The molecule has 0 aromatic carbocycles. The lowest BCUT2D eigenvalue weighted by Gasteiger charge is -2.30. The largest absolute Gasteiger partial charge is 0.131 e. The molecule has 0 aromatic heterocycles. The minimum atomic E-state index is 0.569. The van der Waals surface area contributed by atoms with Crippen LogP contribution in [0.5, 0.6) is 0 Å². The Morgan fingerprint density at radius 3 is 1.12 bits per heavy atom. The minimum absolute atomic E-state index is 0.569. The Morgan fingerprint density at radius 2 is 0.882 bits per heavy atom. The maximum absolute atomic E-state index is 3.23. The van der Waals surface area contributed by atoms with E-state index in [1.807, 2.05) is 0 Å². The summed E-state index contributed by atoms with van der Waals surface area (Å²) in [6.07, 6.45) is 16.9. The number of hydrogen-bond acceptors (Lipinski definition) is 0. The van der Waals surface area contributed by atoms with Gasteiger partial charge in [-0.25, -0.2) is 0 Å². The molecule has 1 unspecified atom stereocenters. The van der Waals surface area contributed by atoms with Gasteiger partial charge in [0.05, 0.1) is 0 Å². The summed E-state index contributed by atoms with van der Waals surface area (Å²) in [5.41, 5.74) is 0. The summed E-state index contributed by atoms with van der Waals surface area (Å²) in [7, 11) is 3.23. The summed E-state index contributed by atoms with van der Waals surface area (Å²) in [6, 6.07) is 0. The summed E-state index contributed by atoms with van der Waals surface area (Å²) in [6.45, 7) is 6.91. The zero-order chi connectivity index (χ0) is 13.0. The topological polar surface area (TPSA) is 0 Å². The molecule has 1 heteroatoms. The molecule has 0 saturated carbocycles. The van der Waals surface area contributed by atoms with Crippen molar-refractivity contribution in [3.05, 3.63) is 0 Å². The van der Waals surface area contributed by atoms with E-state index >= 15 is 0 Å². The van der Waals surface area contributed by atoms with Crippen molar-refractivity contribution in [2.75, 3.05) is 0 Å². The van der Waals surface area contributed by atoms with Crippen LogP contribution < -0.4 is 0 Å². The first-order chi connectivity index (χ1) is 8.18. The lowest BCUT2D eigenvalue weighted by molar-refractivity contribution is 0.412. The van der Waals surface area contributed by atoms with Gasteiger partial charge >= 0.3 is 0 Å². The molecule has 0 aliphatic carbocycles. The van der Waals surface area contributed by atoms with Crippen LogP contribution in [0.25, 0.3) is 0 Å². The van der Waals surface area contributed by atoms with E-state index in [1.54, 1.807) is 0 Å². The smallest absolute Gasteiger partial charge is 0.0150 e. The molecule has 0 spiro atoms. The molecule has 0 saturated heterocycles. The van der Waals surface area contributed by atoms with Gasteiger partial charge in [0.25, 0.3) is 0 Å². The van der Waals surface area contributed by atoms with Crippen LogP contribution in [0.2, 0.25) is 0 Å². The van der Waals surface area contributed by atoms with Crippen molar-refractivity contribution < 1.29 is 0 Å². The average molecular weight is 258 g/mol. The molecule has 0 amide bonds. The predicted octanol–water partition coefficient (Wildman–Crippen LogP) is 6.34. The number of hydrogen-bond donors (Lipinski definition) is 0. The second-order valence-electron chi connectivity index (χ2n) is 5.73. The van der Waals surface area contributed by atoms with Crippen LogP contribution in [0, 0.1) is 0 Å². The second-order valence-corrected chi connectivity index (χ2v) is 6.96.